The molecule has 2 aromatic rings. The predicted molar refractivity (Wildman–Crippen MR) is 89.5 cm³/mol. The average molecular weight is 372 g/mol. The number of anilines is 1. The smallest absolute Gasteiger partial charge is 0.340 e. The zero-order valence-electron chi connectivity index (χ0n) is 13.9. The maximum absolute atomic E-state index is 13.8. The van der Waals surface area contributed by atoms with Crippen molar-refractivity contribution in [2.24, 2.45) is 0 Å². The molecule has 0 spiro atoms. The highest BCUT2D eigenvalue weighted by Gasteiger charge is 2.46. The van der Waals surface area contributed by atoms with Crippen LogP contribution in [0.5, 0.6) is 0 Å². The Morgan fingerprint density at radius 1 is 1.15 bits per heavy atom. The molecule has 27 heavy (non-hydrogen) atoms. The van der Waals surface area contributed by atoms with Gasteiger partial charge in [0.2, 0.25) is 18.0 Å². The number of carbonyl (C=O) groups is 3. The van der Waals surface area contributed by atoms with Crippen LogP contribution in [0.1, 0.15) is 35.0 Å². The van der Waals surface area contributed by atoms with Crippen molar-refractivity contribution in [2.75, 3.05) is 5.32 Å². The van der Waals surface area contributed by atoms with E-state index < -0.39 is 35.8 Å². The molecule has 138 valence electrons. The summed E-state index contributed by atoms with van der Waals surface area (Å²) in [5, 5.41) is 2.37. The molecule has 0 radical (unpaired) electrons. The molecular formula is C19H14F2N2O4. The first-order valence-electron chi connectivity index (χ1n) is 8.32. The molecule has 2 aromatic carbocycles. The summed E-state index contributed by atoms with van der Waals surface area (Å²) < 4.78 is 32.2. The Kier molecular flexibility index (Phi) is 4.10. The Bertz CT molecular complexity index is 962. The summed E-state index contributed by atoms with van der Waals surface area (Å²) in [5.41, 5.74) is 0.652. The minimum Gasteiger partial charge on any atom is -0.433 e. The lowest BCUT2D eigenvalue weighted by molar-refractivity contribution is -0.144. The van der Waals surface area contributed by atoms with E-state index in [1.165, 1.54) is 4.90 Å². The molecule has 0 saturated carbocycles. The van der Waals surface area contributed by atoms with Gasteiger partial charge in [-0.15, -0.1) is 0 Å². The van der Waals surface area contributed by atoms with Gasteiger partial charge in [-0.05, 0) is 24.6 Å². The topological polar surface area (TPSA) is 75.7 Å². The fourth-order valence-corrected chi connectivity index (χ4v) is 3.39. The van der Waals surface area contributed by atoms with E-state index in [-0.39, 0.29) is 24.4 Å². The first-order valence-corrected chi connectivity index (χ1v) is 8.32. The molecule has 0 bridgehead atoms. The molecule has 0 aliphatic carbocycles. The molecule has 2 unspecified atom stereocenters. The summed E-state index contributed by atoms with van der Waals surface area (Å²) in [5.74, 6) is -3.23. The van der Waals surface area contributed by atoms with Gasteiger partial charge in [-0.2, -0.15) is 0 Å². The van der Waals surface area contributed by atoms with Gasteiger partial charge in [-0.25, -0.2) is 13.6 Å². The van der Waals surface area contributed by atoms with E-state index in [9.17, 15) is 23.2 Å². The fourth-order valence-electron chi connectivity index (χ4n) is 3.39. The number of benzene rings is 2. The molecule has 2 atom stereocenters. The van der Waals surface area contributed by atoms with Gasteiger partial charge in [0.15, 0.2) is 0 Å². The number of fused-ring (bicyclic) bond motifs is 1. The number of esters is 1. The summed E-state index contributed by atoms with van der Waals surface area (Å²) >= 11 is 0. The Morgan fingerprint density at radius 3 is 2.70 bits per heavy atom. The van der Waals surface area contributed by atoms with Crippen LogP contribution in [0.25, 0.3) is 0 Å². The van der Waals surface area contributed by atoms with Gasteiger partial charge >= 0.3 is 5.97 Å². The van der Waals surface area contributed by atoms with Crippen molar-refractivity contribution in [1.82, 2.24) is 4.90 Å². The summed E-state index contributed by atoms with van der Waals surface area (Å²) in [6.07, 6.45) is -0.707. The first-order chi connectivity index (χ1) is 13.0. The average Bonchev–Trinajstić information content (AvgIpc) is 3.18. The summed E-state index contributed by atoms with van der Waals surface area (Å²) in [7, 11) is 0. The van der Waals surface area contributed by atoms with E-state index in [0.717, 1.165) is 12.1 Å². The van der Waals surface area contributed by atoms with Crippen LogP contribution in [0.3, 0.4) is 0 Å². The van der Waals surface area contributed by atoms with Crippen molar-refractivity contribution < 1.29 is 27.9 Å². The Labute approximate surface area is 152 Å². The third-order valence-electron chi connectivity index (χ3n) is 4.67. The lowest BCUT2D eigenvalue weighted by atomic mass is 10.1. The van der Waals surface area contributed by atoms with Crippen LogP contribution in [0.2, 0.25) is 0 Å². The standard InChI is InChI=1S/C19H14F2N2O4/c20-10-5-6-14(13(21)9-10)22-17(25)15-7-8-16(24)23(15)18-11-3-1-2-4-12(11)19(26)27-18/h1-6,9,15,18H,7-8H2,(H,22,25). The van der Waals surface area contributed by atoms with Crippen molar-refractivity contribution in [2.45, 2.75) is 25.1 Å². The van der Waals surface area contributed by atoms with Crippen molar-refractivity contribution in [3.8, 4) is 0 Å². The minimum absolute atomic E-state index is 0.0974. The molecule has 4 rings (SSSR count). The monoisotopic (exact) mass is 372 g/mol. The SMILES string of the molecule is O=C1OC(N2C(=O)CCC2C(=O)Nc2ccc(F)cc2F)c2ccccc21. The third-order valence-corrected chi connectivity index (χ3v) is 4.67. The van der Waals surface area contributed by atoms with Crippen molar-refractivity contribution in [3.05, 3.63) is 65.2 Å². The normalized spacial score (nSPS) is 21.2. The van der Waals surface area contributed by atoms with Crippen molar-refractivity contribution in [3.63, 3.8) is 0 Å². The fraction of sp³-hybridized carbons (Fsp3) is 0.211. The maximum atomic E-state index is 13.8. The molecule has 6 nitrogen and oxygen atoms in total. The van der Waals surface area contributed by atoms with E-state index >= 15 is 0 Å². The van der Waals surface area contributed by atoms with Crippen LogP contribution in [0.4, 0.5) is 14.5 Å². The summed E-state index contributed by atoms with van der Waals surface area (Å²) in [6, 6.07) is 8.47. The number of amides is 2. The number of likely N-dealkylation sites (tertiary alicyclic amines) is 1. The van der Waals surface area contributed by atoms with Gasteiger partial charge in [0, 0.05) is 18.1 Å². The molecule has 8 heteroatoms. The number of carbonyl (C=O) groups excluding carboxylic acids is 3. The third kappa shape index (κ3) is 2.92. The molecule has 1 fully saturated rings. The number of hydrogen-bond acceptors (Lipinski definition) is 4. The number of cyclic esters (lactones) is 1. The van der Waals surface area contributed by atoms with Crippen LogP contribution >= 0.6 is 0 Å². The molecule has 0 aromatic heterocycles. The van der Waals surface area contributed by atoms with E-state index in [1.54, 1.807) is 24.3 Å². The van der Waals surface area contributed by atoms with E-state index in [0.29, 0.717) is 17.2 Å². The first kappa shape index (κ1) is 17.1. The van der Waals surface area contributed by atoms with Gasteiger partial charge in [0.25, 0.3) is 0 Å². The zero-order chi connectivity index (χ0) is 19.1. The lowest BCUT2D eigenvalue weighted by Gasteiger charge is -2.29. The molecule has 1 saturated heterocycles. The number of rotatable bonds is 3. The molecular weight excluding hydrogens is 358 g/mol. The summed E-state index contributed by atoms with van der Waals surface area (Å²) in [4.78, 5) is 38.3. The van der Waals surface area contributed by atoms with E-state index in [4.69, 9.17) is 4.74 Å². The van der Waals surface area contributed by atoms with E-state index in [2.05, 4.69) is 5.32 Å². The van der Waals surface area contributed by atoms with Gasteiger partial charge in [0.1, 0.15) is 17.7 Å². The van der Waals surface area contributed by atoms with Crippen LogP contribution in [-0.2, 0) is 14.3 Å². The highest BCUT2D eigenvalue weighted by molar-refractivity contribution is 6.00. The maximum Gasteiger partial charge on any atom is 0.340 e. The quantitative estimate of drug-likeness (QED) is 0.841. The molecule has 2 heterocycles. The van der Waals surface area contributed by atoms with E-state index in [1.807, 2.05) is 0 Å². The number of nitrogens with zero attached hydrogens (tertiary/aromatic N) is 1. The molecule has 2 aliphatic rings. The lowest BCUT2D eigenvalue weighted by Crippen LogP contribution is -2.44. The van der Waals surface area contributed by atoms with Crippen LogP contribution in [-0.4, -0.2) is 28.7 Å². The van der Waals surface area contributed by atoms with Gasteiger partial charge in [-0.1, -0.05) is 18.2 Å². The van der Waals surface area contributed by atoms with Gasteiger partial charge in [-0.3, -0.25) is 14.5 Å². The number of nitrogens with one attached hydrogen (secondary N) is 1. The minimum atomic E-state index is -1.00. The highest BCUT2D eigenvalue weighted by atomic mass is 19.1. The number of ether oxygens (including phenoxy) is 1. The van der Waals surface area contributed by atoms with Crippen LogP contribution in [0.15, 0.2) is 42.5 Å². The van der Waals surface area contributed by atoms with Crippen LogP contribution in [0, 0.1) is 11.6 Å². The Morgan fingerprint density at radius 2 is 1.93 bits per heavy atom. The second kappa shape index (κ2) is 6.46. The zero-order valence-corrected chi connectivity index (χ0v) is 13.9. The van der Waals surface area contributed by atoms with Crippen molar-refractivity contribution >= 4 is 23.5 Å². The predicted octanol–water partition coefficient (Wildman–Crippen LogP) is 2.76. The highest BCUT2D eigenvalue weighted by Crippen LogP contribution is 2.38. The Hall–Kier alpha value is -3.29. The second-order valence-electron chi connectivity index (χ2n) is 6.31. The van der Waals surface area contributed by atoms with Crippen LogP contribution < -0.4 is 5.32 Å². The second-order valence-corrected chi connectivity index (χ2v) is 6.31. The number of halogens is 2. The summed E-state index contributed by atoms with van der Waals surface area (Å²) in [6.45, 7) is 0. The molecule has 2 aliphatic heterocycles. The van der Waals surface area contributed by atoms with Crippen molar-refractivity contribution in [1.29, 1.82) is 0 Å². The van der Waals surface area contributed by atoms with Gasteiger partial charge < -0.3 is 10.1 Å². The Balaban J connectivity index is 1.60. The molecule has 2 amide bonds. The molecule has 1 N–H and O–H groups in total. The number of hydrogen-bond donors (Lipinski definition) is 1. The largest absolute Gasteiger partial charge is 0.433 e. The van der Waals surface area contributed by atoms with Gasteiger partial charge in [0.05, 0.1) is 11.3 Å².